The van der Waals surface area contributed by atoms with E-state index in [2.05, 4.69) is 11.9 Å². The van der Waals surface area contributed by atoms with Gasteiger partial charge in [-0.15, -0.1) is 0 Å². The number of aromatic nitrogens is 1. The molecule has 0 spiro atoms. The molecule has 0 amide bonds. The standard InChI is InChI=1S/C13H19N3O3/c1-8-4-6-16(10(8)7-17)12-11(14)9(3-5-15-12)13(18)19-2/h3,5,8,10,17H,4,6-7,14H2,1-2H3. The SMILES string of the molecule is COC(=O)c1ccnc(N2CCC(C)C2CO)c1N. The number of nitrogen functional groups attached to an aromatic ring is 1. The van der Waals surface area contributed by atoms with Gasteiger partial charge in [-0.3, -0.25) is 0 Å². The van der Waals surface area contributed by atoms with Crippen LogP contribution in [0.5, 0.6) is 0 Å². The summed E-state index contributed by atoms with van der Waals surface area (Å²) in [6, 6.07) is 1.53. The summed E-state index contributed by atoms with van der Waals surface area (Å²) in [6.07, 6.45) is 2.50. The van der Waals surface area contributed by atoms with E-state index in [4.69, 9.17) is 10.5 Å². The summed E-state index contributed by atoms with van der Waals surface area (Å²) >= 11 is 0. The minimum Gasteiger partial charge on any atom is -0.465 e. The van der Waals surface area contributed by atoms with E-state index in [1.807, 2.05) is 4.90 Å². The number of aliphatic hydroxyl groups is 1. The second-order valence-corrected chi connectivity index (χ2v) is 4.80. The summed E-state index contributed by atoms with van der Waals surface area (Å²) in [6.45, 7) is 2.90. The molecule has 1 fully saturated rings. The van der Waals surface area contributed by atoms with Gasteiger partial charge in [-0.2, -0.15) is 0 Å². The number of nitrogens with zero attached hydrogens (tertiary/aromatic N) is 2. The number of nitrogens with two attached hydrogens (primary N) is 1. The normalized spacial score (nSPS) is 22.6. The van der Waals surface area contributed by atoms with E-state index in [0.717, 1.165) is 13.0 Å². The van der Waals surface area contributed by atoms with Crippen LogP contribution in [0.15, 0.2) is 12.3 Å². The number of hydrogen-bond donors (Lipinski definition) is 2. The first-order valence-corrected chi connectivity index (χ1v) is 6.30. The first kappa shape index (κ1) is 13.6. The van der Waals surface area contributed by atoms with Crippen molar-refractivity contribution in [2.45, 2.75) is 19.4 Å². The van der Waals surface area contributed by atoms with Crippen molar-refractivity contribution in [1.29, 1.82) is 0 Å². The van der Waals surface area contributed by atoms with Gasteiger partial charge in [0, 0.05) is 12.7 Å². The van der Waals surface area contributed by atoms with Gasteiger partial charge in [0.2, 0.25) is 0 Å². The number of methoxy groups -OCH3 is 1. The van der Waals surface area contributed by atoms with Crippen LogP contribution < -0.4 is 10.6 Å². The Hall–Kier alpha value is -1.82. The largest absolute Gasteiger partial charge is 0.465 e. The molecule has 3 N–H and O–H groups in total. The molecule has 6 heteroatoms. The average Bonchev–Trinajstić information content (AvgIpc) is 2.79. The molecule has 1 aliphatic rings. The Balaban J connectivity index is 2.38. The summed E-state index contributed by atoms with van der Waals surface area (Å²) in [5.74, 6) is 0.438. The predicted molar refractivity (Wildman–Crippen MR) is 72.0 cm³/mol. The monoisotopic (exact) mass is 265 g/mol. The summed E-state index contributed by atoms with van der Waals surface area (Å²) in [5.41, 5.74) is 6.63. The van der Waals surface area contributed by atoms with Crippen molar-refractivity contribution in [2.75, 3.05) is 30.9 Å². The summed E-state index contributed by atoms with van der Waals surface area (Å²) < 4.78 is 4.69. The number of carbonyl (C=O) groups excluding carboxylic acids is 1. The number of hydrogen-bond acceptors (Lipinski definition) is 6. The van der Waals surface area contributed by atoms with Gasteiger partial charge in [0.05, 0.1) is 31.0 Å². The number of carbonyl (C=O) groups is 1. The van der Waals surface area contributed by atoms with E-state index in [0.29, 0.717) is 23.0 Å². The fourth-order valence-electron chi connectivity index (χ4n) is 2.53. The number of ether oxygens (including phenoxy) is 1. The lowest BCUT2D eigenvalue weighted by Crippen LogP contribution is -2.36. The maximum atomic E-state index is 11.6. The molecule has 2 unspecified atom stereocenters. The quantitative estimate of drug-likeness (QED) is 0.780. The second kappa shape index (κ2) is 5.44. The van der Waals surface area contributed by atoms with Crippen molar-refractivity contribution in [3.05, 3.63) is 17.8 Å². The van der Waals surface area contributed by atoms with Crippen molar-refractivity contribution in [2.24, 2.45) is 5.92 Å². The highest BCUT2D eigenvalue weighted by Gasteiger charge is 2.33. The Labute approximate surface area is 112 Å². The molecule has 19 heavy (non-hydrogen) atoms. The van der Waals surface area contributed by atoms with E-state index in [-0.39, 0.29) is 12.6 Å². The topological polar surface area (TPSA) is 88.7 Å². The Bertz CT molecular complexity index is 478. The lowest BCUT2D eigenvalue weighted by molar-refractivity contribution is 0.0602. The van der Waals surface area contributed by atoms with Crippen LogP contribution in [0.2, 0.25) is 0 Å². The Morgan fingerprint density at radius 1 is 1.68 bits per heavy atom. The van der Waals surface area contributed by atoms with Crippen LogP contribution >= 0.6 is 0 Å². The Morgan fingerprint density at radius 3 is 3.05 bits per heavy atom. The van der Waals surface area contributed by atoms with E-state index >= 15 is 0 Å². The summed E-state index contributed by atoms with van der Waals surface area (Å²) in [7, 11) is 1.32. The lowest BCUT2D eigenvalue weighted by atomic mass is 10.0. The third-order valence-corrected chi connectivity index (χ3v) is 3.72. The molecule has 0 radical (unpaired) electrons. The van der Waals surface area contributed by atoms with Gasteiger partial charge in [0.1, 0.15) is 0 Å². The summed E-state index contributed by atoms with van der Waals surface area (Å²) in [5, 5.41) is 9.48. The zero-order valence-electron chi connectivity index (χ0n) is 11.2. The second-order valence-electron chi connectivity index (χ2n) is 4.80. The van der Waals surface area contributed by atoms with Gasteiger partial charge in [-0.1, -0.05) is 6.92 Å². The third kappa shape index (κ3) is 2.35. The molecule has 0 aromatic carbocycles. The van der Waals surface area contributed by atoms with Crippen molar-refractivity contribution in [3.63, 3.8) is 0 Å². The molecule has 1 saturated heterocycles. The minimum absolute atomic E-state index is 0.0114. The molecule has 0 aliphatic carbocycles. The highest BCUT2D eigenvalue weighted by atomic mass is 16.5. The van der Waals surface area contributed by atoms with Crippen LogP contribution in [0, 0.1) is 5.92 Å². The highest BCUT2D eigenvalue weighted by molar-refractivity contribution is 5.97. The van der Waals surface area contributed by atoms with E-state index in [9.17, 15) is 9.90 Å². The molecular weight excluding hydrogens is 246 g/mol. The highest BCUT2D eigenvalue weighted by Crippen LogP contribution is 2.33. The first-order valence-electron chi connectivity index (χ1n) is 6.30. The first-order chi connectivity index (χ1) is 9.10. The van der Waals surface area contributed by atoms with Gasteiger partial charge >= 0.3 is 5.97 Å². The molecule has 0 bridgehead atoms. The number of rotatable bonds is 3. The molecule has 1 aliphatic heterocycles. The lowest BCUT2D eigenvalue weighted by Gasteiger charge is -2.27. The zero-order valence-corrected chi connectivity index (χ0v) is 11.2. The Kier molecular flexibility index (Phi) is 3.90. The van der Waals surface area contributed by atoms with Gasteiger partial charge in [0.25, 0.3) is 0 Å². The van der Waals surface area contributed by atoms with E-state index < -0.39 is 5.97 Å². The average molecular weight is 265 g/mol. The maximum absolute atomic E-state index is 11.6. The van der Waals surface area contributed by atoms with E-state index in [1.54, 1.807) is 0 Å². The van der Waals surface area contributed by atoms with Crippen molar-refractivity contribution >= 4 is 17.5 Å². The fraction of sp³-hybridized carbons (Fsp3) is 0.538. The van der Waals surface area contributed by atoms with Crippen LogP contribution in [0.1, 0.15) is 23.7 Å². The van der Waals surface area contributed by atoms with Gasteiger partial charge < -0.3 is 20.5 Å². The molecule has 2 heterocycles. The molecular formula is C13H19N3O3. The molecule has 1 aromatic rings. The maximum Gasteiger partial charge on any atom is 0.340 e. The summed E-state index contributed by atoms with van der Waals surface area (Å²) in [4.78, 5) is 17.8. The number of esters is 1. The molecule has 0 saturated carbocycles. The molecule has 6 nitrogen and oxygen atoms in total. The zero-order chi connectivity index (χ0) is 14.0. The van der Waals surface area contributed by atoms with Crippen molar-refractivity contribution in [1.82, 2.24) is 4.98 Å². The van der Waals surface area contributed by atoms with Crippen LogP contribution in [0.4, 0.5) is 11.5 Å². The molecule has 2 atom stereocenters. The number of pyridine rings is 1. The van der Waals surface area contributed by atoms with Crippen LogP contribution in [-0.2, 0) is 4.74 Å². The Morgan fingerprint density at radius 2 is 2.42 bits per heavy atom. The van der Waals surface area contributed by atoms with Gasteiger partial charge in [-0.05, 0) is 18.4 Å². The van der Waals surface area contributed by atoms with Gasteiger partial charge in [0.15, 0.2) is 5.82 Å². The number of anilines is 2. The van der Waals surface area contributed by atoms with E-state index in [1.165, 1.54) is 19.4 Å². The van der Waals surface area contributed by atoms with Crippen LogP contribution in [0.25, 0.3) is 0 Å². The number of aliphatic hydroxyl groups excluding tert-OH is 1. The minimum atomic E-state index is -0.478. The smallest absolute Gasteiger partial charge is 0.340 e. The third-order valence-electron chi connectivity index (χ3n) is 3.72. The molecule has 2 rings (SSSR count). The molecule has 1 aromatic heterocycles. The van der Waals surface area contributed by atoms with Crippen molar-refractivity contribution in [3.8, 4) is 0 Å². The molecule has 104 valence electrons. The van der Waals surface area contributed by atoms with Crippen LogP contribution in [-0.4, -0.2) is 42.4 Å². The fourth-order valence-corrected chi connectivity index (χ4v) is 2.53. The van der Waals surface area contributed by atoms with Crippen molar-refractivity contribution < 1.29 is 14.6 Å². The predicted octanol–water partition coefficient (Wildman–Crippen LogP) is 0.657. The van der Waals surface area contributed by atoms with Crippen LogP contribution in [0.3, 0.4) is 0 Å². The van der Waals surface area contributed by atoms with Gasteiger partial charge in [-0.25, -0.2) is 9.78 Å².